The maximum Gasteiger partial charge on any atom is 0.123 e. The number of rotatable bonds is 6. The molecule has 32 heavy (non-hydrogen) atoms. The minimum Gasteiger partial charge on any atom is -0.373 e. The Hall–Kier alpha value is -2.78. The highest BCUT2D eigenvalue weighted by Gasteiger charge is 2.43. The van der Waals surface area contributed by atoms with Crippen LogP contribution < -0.4 is 0 Å². The predicted molar refractivity (Wildman–Crippen MR) is 127 cm³/mol. The van der Waals surface area contributed by atoms with Gasteiger partial charge in [-0.2, -0.15) is 0 Å². The lowest BCUT2D eigenvalue weighted by Crippen LogP contribution is -2.22. The zero-order valence-electron chi connectivity index (χ0n) is 18.4. The van der Waals surface area contributed by atoms with E-state index < -0.39 is 0 Å². The standard InChI is InChI=1S/C29H30FNO/c30-25-11-6-10-22(17-25)24-13-14-26(31-19-24)15-16-28-27-12-5-4-9-23(27)18-29(28)32-20-21-7-2-1-3-8-21/h1-3,6-8,10-11,13-17,19,23,27-29H,4-5,9,12,18,20H2/t23-,27-,28+,29+/m1/s1. The molecule has 4 atom stereocenters. The van der Waals surface area contributed by atoms with E-state index in [9.17, 15) is 4.39 Å². The molecule has 0 saturated heterocycles. The van der Waals surface area contributed by atoms with Gasteiger partial charge in [0.05, 0.1) is 18.4 Å². The monoisotopic (exact) mass is 427 g/mol. The van der Waals surface area contributed by atoms with Gasteiger partial charge in [0.15, 0.2) is 0 Å². The molecule has 1 aromatic heterocycles. The van der Waals surface area contributed by atoms with Gasteiger partial charge in [0.1, 0.15) is 5.82 Å². The van der Waals surface area contributed by atoms with Crippen LogP contribution in [0.1, 0.15) is 43.4 Å². The van der Waals surface area contributed by atoms with Crippen molar-refractivity contribution in [1.82, 2.24) is 4.98 Å². The van der Waals surface area contributed by atoms with E-state index in [1.54, 1.807) is 12.1 Å². The summed E-state index contributed by atoms with van der Waals surface area (Å²) in [7, 11) is 0. The predicted octanol–water partition coefficient (Wildman–Crippen LogP) is 7.31. The summed E-state index contributed by atoms with van der Waals surface area (Å²) >= 11 is 0. The average molecular weight is 428 g/mol. The molecule has 2 aromatic carbocycles. The number of halogens is 1. The van der Waals surface area contributed by atoms with Crippen molar-refractivity contribution in [3.8, 4) is 11.1 Å². The van der Waals surface area contributed by atoms with Crippen LogP contribution in [-0.2, 0) is 11.3 Å². The second-order valence-electron chi connectivity index (χ2n) is 9.20. The van der Waals surface area contributed by atoms with E-state index in [1.165, 1.54) is 43.7 Å². The molecule has 2 aliphatic carbocycles. The van der Waals surface area contributed by atoms with Gasteiger partial charge in [0.2, 0.25) is 0 Å². The fourth-order valence-electron chi connectivity index (χ4n) is 5.54. The lowest BCUT2D eigenvalue weighted by atomic mass is 9.78. The minimum atomic E-state index is -0.226. The van der Waals surface area contributed by atoms with Crippen molar-refractivity contribution < 1.29 is 9.13 Å². The molecule has 0 bridgehead atoms. The van der Waals surface area contributed by atoms with Crippen LogP contribution in [0.4, 0.5) is 4.39 Å². The molecule has 0 spiro atoms. The lowest BCUT2D eigenvalue weighted by Gasteiger charge is -2.28. The second-order valence-corrected chi connectivity index (χ2v) is 9.20. The summed E-state index contributed by atoms with van der Waals surface area (Å²) in [6, 6.07) is 21.1. The summed E-state index contributed by atoms with van der Waals surface area (Å²) < 4.78 is 20.0. The SMILES string of the molecule is Fc1cccc(-c2ccc(C=C[C@H]3[C@@H]4CCCC[C@@H]4C[C@@H]3OCc3ccccc3)nc2)c1. The maximum absolute atomic E-state index is 13.5. The Morgan fingerprint density at radius 3 is 2.62 bits per heavy atom. The number of hydrogen-bond acceptors (Lipinski definition) is 2. The molecule has 0 N–H and O–H groups in total. The largest absolute Gasteiger partial charge is 0.373 e. The molecule has 5 rings (SSSR count). The molecule has 2 fully saturated rings. The van der Waals surface area contributed by atoms with Crippen molar-refractivity contribution in [2.45, 2.75) is 44.8 Å². The number of nitrogens with zero attached hydrogens (tertiary/aromatic N) is 1. The van der Waals surface area contributed by atoms with Crippen LogP contribution in [0, 0.1) is 23.6 Å². The molecule has 0 aliphatic heterocycles. The molecule has 2 saturated carbocycles. The van der Waals surface area contributed by atoms with Crippen LogP contribution in [0.3, 0.4) is 0 Å². The van der Waals surface area contributed by atoms with E-state index in [-0.39, 0.29) is 11.9 Å². The van der Waals surface area contributed by atoms with E-state index in [2.05, 4.69) is 41.4 Å². The maximum atomic E-state index is 13.5. The molecule has 1 heterocycles. The fourth-order valence-corrected chi connectivity index (χ4v) is 5.54. The van der Waals surface area contributed by atoms with Gasteiger partial charge in [0.25, 0.3) is 0 Å². The van der Waals surface area contributed by atoms with Crippen molar-refractivity contribution >= 4 is 6.08 Å². The number of fused-ring (bicyclic) bond motifs is 1. The highest BCUT2D eigenvalue weighted by Crippen LogP contribution is 2.48. The Morgan fingerprint density at radius 1 is 0.938 bits per heavy atom. The quantitative estimate of drug-likeness (QED) is 0.411. The van der Waals surface area contributed by atoms with E-state index in [0.717, 1.165) is 22.7 Å². The van der Waals surface area contributed by atoms with Gasteiger partial charge in [0, 0.05) is 17.7 Å². The van der Waals surface area contributed by atoms with Gasteiger partial charge in [-0.3, -0.25) is 4.98 Å². The number of ether oxygens (including phenoxy) is 1. The van der Waals surface area contributed by atoms with Crippen LogP contribution in [0.5, 0.6) is 0 Å². The number of benzene rings is 2. The summed E-state index contributed by atoms with van der Waals surface area (Å²) in [4.78, 5) is 4.62. The van der Waals surface area contributed by atoms with Crippen molar-refractivity contribution in [3.05, 3.63) is 96.1 Å². The van der Waals surface area contributed by atoms with E-state index in [4.69, 9.17) is 4.74 Å². The number of hydrogen-bond donors (Lipinski definition) is 0. The third-order valence-corrected chi connectivity index (χ3v) is 7.17. The summed E-state index contributed by atoms with van der Waals surface area (Å²) in [5.74, 6) is 1.71. The number of aromatic nitrogens is 1. The van der Waals surface area contributed by atoms with Gasteiger partial charge in [-0.15, -0.1) is 0 Å². The highest BCUT2D eigenvalue weighted by molar-refractivity contribution is 5.63. The lowest BCUT2D eigenvalue weighted by molar-refractivity contribution is 0.0215. The topological polar surface area (TPSA) is 22.1 Å². The Bertz CT molecular complexity index is 1050. The number of pyridine rings is 1. The second kappa shape index (κ2) is 9.79. The third kappa shape index (κ3) is 4.83. The molecular weight excluding hydrogens is 397 g/mol. The highest BCUT2D eigenvalue weighted by atomic mass is 19.1. The van der Waals surface area contributed by atoms with Gasteiger partial charge >= 0.3 is 0 Å². The van der Waals surface area contributed by atoms with E-state index in [0.29, 0.717) is 18.4 Å². The van der Waals surface area contributed by atoms with Gasteiger partial charge in [-0.25, -0.2) is 4.39 Å². The van der Waals surface area contributed by atoms with E-state index >= 15 is 0 Å². The summed E-state index contributed by atoms with van der Waals surface area (Å²) in [5.41, 5.74) is 3.95. The first kappa shape index (κ1) is 21.1. The summed E-state index contributed by atoms with van der Waals surface area (Å²) in [6.45, 7) is 0.676. The molecule has 0 radical (unpaired) electrons. The molecule has 2 aliphatic rings. The van der Waals surface area contributed by atoms with Gasteiger partial charge in [-0.05, 0) is 60.1 Å². The Kier molecular flexibility index (Phi) is 6.45. The van der Waals surface area contributed by atoms with Gasteiger partial charge < -0.3 is 4.74 Å². The van der Waals surface area contributed by atoms with Crippen molar-refractivity contribution in [2.24, 2.45) is 17.8 Å². The first-order valence-corrected chi connectivity index (χ1v) is 11.8. The fraction of sp³-hybridized carbons (Fsp3) is 0.345. The molecule has 2 nitrogen and oxygen atoms in total. The van der Waals surface area contributed by atoms with Crippen molar-refractivity contribution in [2.75, 3.05) is 0 Å². The van der Waals surface area contributed by atoms with Crippen LogP contribution in [-0.4, -0.2) is 11.1 Å². The zero-order chi connectivity index (χ0) is 21.8. The average Bonchev–Trinajstić information content (AvgIpc) is 3.20. The minimum absolute atomic E-state index is 0.226. The molecule has 0 unspecified atom stereocenters. The Morgan fingerprint density at radius 2 is 1.81 bits per heavy atom. The van der Waals surface area contributed by atoms with Crippen LogP contribution in [0.15, 0.2) is 79.0 Å². The zero-order valence-corrected chi connectivity index (χ0v) is 18.4. The molecule has 3 aromatic rings. The molecule has 164 valence electrons. The van der Waals surface area contributed by atoms with Gasteiger partial charge in [-0.1, -0.05) is 73.9 Å². The molecular formula is C29H30FNO. The van der Waals surface area contributed by atoms with Crippen LogP contribution in [0.25, 0.3) is 17.2 Å². The Labute approximate surface area is 190 Å². The van der Waals surface area contributed by atoms with Crippen molar-refractivity contribution in [3.63, 3.8) is 0 Å². The third-order valence-electron chi connectivity index (χ3n) is 7.17. The van der Waals surface area contributed by atoms with Crippen LogP contribution >= 0.6 is 0 Å². The van der Waals surface area contributed by atoms with E-state index in [1.807, 2.05) is 30.5 Å². The Balaban J connectivity index is 1.30. The molecule has 3 heteroatoms. The van der Waals surface area contributed by atoms with Crippen LogP contribution in [0.2, 0.25) is 0 Å². The van der Waals surface area contributed by atoms with Crippen molar-refractivity contribution in [1.29, 1.82) is 0 Å². The molecule has 0 amide bonds. The smallest absolute Gasteiger partial charge is 0.123 e. The normalized spacial score (nSPS) is 25.2. The summed E-state index contributed by atoms with van der Waals surface area (Å²) in [6.07, 6.45) is 13.1. The first-order chi connectivity index (χ1) is 15.8. The summed E-state index contributed by atoms with van der Waals surface area (Å²) in [5, 5.41) is 0. The first-order valence-electron chi connectivity index (χ1n) is 11.8.